The van der Waals surface area contributed by atoms with Crippen LogP contribution in [0.2, 0.25) is 0 Å². The zero-order valence-corrected chi connectivity index (χ0v) is 13.6. The van der Waals surface area contributed by atoms with E-state index in [2.05, 4.69) is 62.6 Å². The van der Waals surface area contributed by atoms with Gasteiger partial charge in [-0.05, 0) is 42.0 Å². The number of anilines is 1. The molecule has 0 spiro atoms. The first-order valence-corrected chi connectivity index (χ1v) is 7.95. The van der Waals surface area contributed by atoms with Gasteiger partial charge in [-0.25, -0.2) is 4.98 Å². The number of rotatable bonds is 6. The number of pyridine rings is 1. The molecule has 2 heterocycles. The largest absolute Gasteiger partial charge is 0.370 e. The molecule has 0 fully saturated rings. The first kappa shape index (κ1) is 14.5. The lowest BCUT2D eigenvalue weighted by Gasteiger charge is -2.17. The monoisotopic (exact) mass is 339 g/mol. The molecule has 2 aromatic rings. The molecule has 102 valence electrons. The Bertz CT molecular complexity index is 527. The summed E-state index contributed by atoms with van der Waals surface area (Å²) in [6.07, 6.45) is 1.83. The summed E-state index contributed by atoms with van der Waals surface area (Å²) in [5.74, 6) is 0.990. The van der Waals surface area contributed by atoms with Crippen LogP contribution in [0.25, 0.3) is 0 Å². The van der Waals surface area contributed by atoms with E-state index < -0.39 is 0 Å². The SMILES string of the molecule is CCNc1ncccc1CN(C)Cc1cc(Br)cs1. The van der Waals surface area contributed by atoms with E-state index in [0.29, 0.717) is 0 Å². The Morgan fingerprint density at radius 3 is 2.95 bits per heavy atom. The summed E-state index contributed by atoms with van der Waals surface area (Å²) < 4.78 is 1.16. The summed E-state index contributed by atoms with van der Waals surface area (Å²) in [7, 11) is 2.14. The van der Waals surface area contributed by atoms with Gasteiger partial charge in [-0.1, -0.05) is 6.07 Å². The lowest BCUT2D eigenvalue weighted by molar-refractivity contribution is 0.322. The van der Waals surface area contributed by atoms with Crippen LogP contribution in [0.1, 0.15) is 17.4 Å². The molecular weight excluding hydrogens is 322 g/mol. The minimum atomic E-state index is 0.894. The van der Waals surface area contributed by atoms with Gasteiger partial charge in [0.05, 0.1) is 0 Å². The first-order valence-electron chi connectivity index (χ1n) is 6.28. The Morgan fingerprint density at radius 1 is 1.42 bits per heavy atom. The van der Waals surface area contributed by atoms with Gasteiger partial charge >= 0.3 is 0 Å². The van der Waals surface area contributed by atoms with Gasteiger partial charge in [-0.3, -0.25) is 4.90 Å². The Hall–Kier alpha value is -0.910. The quantitative estimate of drug-likeness (QED) is 0.862. The normalized spacial score (nSPS) is 10.9. The summed E-state index contributed by atoms with van der Waals surface area (Å²) in [6.45, 7) is 4.83. The van der Waals surface area contributed by atoms with E-state index in [1.54, 1.807) is 11.3 Å². The van der Waals surface area contributed by atoms with Crippen molar-refractivity contribution in [1.82, 2.24) is 9.88 Å². The fraction of sp³-hybridized carbons (Fsp3) is 0.357. The lowest BCUT2D eigenvalue weighted by Crippen LogP contribution is -2.18. The van der Waals surface area contributed by atoms with Crippen LogP contribution in [-0.2, 0) is 13.1 Å². The van der Waals surface area contributed by atoms with Gasteiger partial charge < -0.3 is 5.32 Å². The molecule has 0 atom stereocenters. The van der Waals surface area contributed by atoms with Crippen molar-refractivity contribution in [3.63, 3.8) is 0 Å². The molecule has 0 bridgehead atoms. The molecule has 0 amide bonds. The molecule has 0 saturated carbocycles. The number of aromatic nitrogens is 1. The Labute approximate surface area is 126 Å². The van der Waals surface area contributed by atoms with Crippen LogP contribution in [0.3, 0.4) is 0 Å². The van der Waals surface area contributed by atoms with E-state index in [-0.39, 0.29) is 0 Å². The maximum atomic E-state index is 4.39. The van der Waals surface area contributed by atoms with Crippen molar-refractivity contribution >= 4 is 33.1 Å². The number of hydrogen-bond acceptors (Lipinski definition) is 4. The summed E-state index contributed by atoms with van der Waals surface area (Å²) in [5.41, 5.74) is 1.24. The average Bonchev–Trinajstić information content (AvgIpc) is 2.77. The molecule has 0 aliphatic carbocycles. The molecule has 0 unspecified atom stereocenters. The molecule has 19 heavy (non-hydrogen) atoms. The Morgan fingerprint density at radius 2 is 2.26 bits per heavy atom. The third-order valence-electron chi connectivity index (χ3n) is 2.72. The van der Waals surface area contributed by atoms with Gasteiger partial charge in [0.1, 0.15) is 5.82 Å². The van der Waals surface area contributed by atoms with Crippen molar-refractivity contribution in [3.05, 3.63) is 44.7 Å². The highest BCUT2D eigenvalue weighted by atomic mass is 79.9. The van der Waals surface area contributed by atoms with Crippen LogP contribution in [0, 0.1) is 0 Å². The maximum Gasteiger partial charge on any atom is 0.130 e. The van der Waals surface area contributed by atoms with Gasteiger partial charge in [-0.15, -0.1) is 11.3 Å². The van der Waals surface area contributed by atoms with Crippen LogP contribution in [0.4, 0.5) is 5.82 Å². The Kier molecular flexibility index (Phi) is 5.36. The molecule has 0 aromatic carbocycles. The van der Waals surface area contributed by atoms with Crippen molar-refractivity contribution in [3.8, 4) is 0 Å². The van der Waals surface area contributed by atoms with Crippen LogP contribution >= 0.6 is 27.3 Å². The standard InChI is InChI=1S/C14H18BrN3S/c1-3-16-14-11(5-4-6-17-14)8-18(2)9-13-7-12(15)10-19-13/h4-7,10H,3,8-9H2,1-2H3,(H,16,17). The van der Waals surface area contributed by atoms with E-state index in [1.165, 1.54) is 10.4 Å². The van der Waals surface area contributed by atoms with Crippen molar-refractivity contribution in [2.24, 2.45) is 0 Å². The predicted octanol–water partition coefficient (Wildman–Crippen LogP) is 3.97. The fourth-order valence-corrected chi connectivity index (χ4v) is 3.47. The number of thiophene rings is 1. The molecule has 1 N–H and O–H groups in total. The zero-order valence-electron chi connectivity index (χ0n) is 11.2. The molecule has 0 saturated heterocycles. The molecule has 5 heteroatoms. The average molecular weight is 340 g/mol. The van der Waals surface area contributed by atoms with Crippen LogP contribution in [0.15, 0.2) is 34.2 Å². The summed E-state index contributed by atoms with van der Waals surface area (Å²) >= 11 is 5.28. The van der Waals surface area contributed by atoms with E-state index >= 15 is 0 Å². The topological polar surface area (TPSA) is 28.2 Å². The molecule has 0 aliphatic rings. The summed E-state index contributed by atoms with van der Waals surface area (Å²) in [4.78, 5) is 8.06. The number of hydrogen-bond donors (Lipinski definition) is 1. The second-order valence-electron chi connectivity index (χ2n) is 4.44. The van der Waals surface area contributed by atoms with Gasteiger partial charge in [0.25, 0.3) is 0 Å². The fourth-order valence-electron chi connectivity index (χ4n) is 1.94. The van der Waals surface area contributed by atoms with E-state index in [4.69, 9.17) is 0 Å². The van der Waals surface area contributed by atoms with E-state index in [0.717, 1.165) is 29.9 Å². The minimum absolute atomic E-state index is 0.894. The molecular formula is C14H18BrN3S. The smallest absolute Gasteiger partial charge is 0.130 e. The molecule has 0 radical (unpaired) electrons. The van der Waals surface area contributed by atoms with Crippen molar-refractivity contribution in [1.29, 1.82) is 0 Å². The third kappa shape index (κ3) is 4.30. The minimum Gasteiger partial charge on any atom is -0.370 e. The van der Waals surface area contributed by atoms with Gasteiger partial charge in [0.2, 0.25) is 0 Å². The highest BCUT2D eigenvalue weighted by molar-refractivity contribution is 9.10. The van der Waals surface area contributed by atoms with Crippen molar-refractivity contribution in [2.45, 2.75) is 20.0 Å². The Balaban J connectivity index is 2.00. The third-order valence-corrected chi connectivity index (χ3v) is 4.41. The van der Waals surface area contributed by atoms with E-state index in [1.807, 2.05) is 12.3 Å². The van der Waals surface area contributed by atoms with E-state index in [9.17, 15) is 0 Å². The van der Waals surface area contributed by atoms with Gasteiger partial charge in [0, 0.05) is 46.1 Å². The van der Waals surface area contributed by atoms with Crippen LogP contribution in [-0.4, -0.2) is 23.5 Å². The number of halogens is 1. The zero-order chi connectivity index (χ0) is 13.7. The number of nitrogens with zero attached hydrogens (tertiary/aromatic N) is 2. The maximum absolute atomic E-state index is 4.39. The van der Waals surface area contributed by atoms with Crippen molar-refractivity contribution < 1.29 is 0 Å². The predicted molar refractivity (Wildman–Crippen MR) is 85.6 cm³/mol. The molecule has 3 nitrogen and oxygen atoms in total. The highest BCUT2D eigenvalue weighted by Gasteiger charge is 2.07. The second-order valence-corrected chi connectivity index (χ2v) is 6.36. The van der Waals surface area contributed by atoms with Gasteiger partial charge in [-0.2, -0.15) is 0 Å². The number of nitrogens with one attached hydrogen (secondary N) is 1. The first-order chi connectivity index (χ1) is 9.19. The van der Waals surface area contributed by atoms with Crippen LogP contribution in [0.5, 0.6) is 0 Å². The van der Waals surface area contributed by atoms with Gasteiger partial charge in [0.15, 0.2) is 0 Å². The second kappa shape index (κ2) is 7.03. The highest BCUT2D eigenvalue weighted by Crippen LogP contribution is 2.22. The van der Waals surface area contributed by atoms with Crippen molar-refractivity contribution in [2.75, 3.05) is 18.9 Å². The summed E-state index contributed by atoms with van der Waals surface area (Å²) in [6, 6.07) is 6.30. The molecule has 2 rings (SSSR count). The lowest BCUT2D eigenvalue weighted by atomic mass is 10.2. The molecule has 2 aromatic heterocycles. The summed E-state index contributed by atoms with van der Waals surface area (Å²) in [5, 5.41) is 5.43. The molecule has 0 aliphatic heterocycles. The van der Waals surface area contributed by atoms with Crippen LogP contribution < -0.4 is 5.32 Å².